The number of aryl methyl sites for hydroxylation is 1. The lowest BCUT2D eigenvalue weighted by Crippen LogP contribution is -2.23. The lowest BCUT2D eigenvalue weighted by molar-refractivity contribution is 0.629. The van der Waals surface area contributed by atoms with Crippen LogP contribution in [0.3, 0.4) is 0 Å². The van der Waals surface area contributed by atoms with Crippen molar-refractivity contribution < 1.29 is 0 Å². The number of nitriles is 1. The lowest BCUT2D eigenvalue weighted by atomic mass is 10.0. The van der Waals surface area contributed by atoms with E-state index in [4.69, 9.17) is 5.26 Å². The highest BCUT2D eigenvalue weighted by Crippen LogP contribution is 2.28. The zero-order valence-electron chi connectivity index (χ0n) is 9.03. The molecule has 1 aromatic carbocycles. The Kier molecular flexibility index (Phi) is 2.91. The first-order chi connectivity index (χ1) is 7.31. The molecule has 1 aliphatic carbocycles. The van der Waals surface area contributed by atoms with Gasteiger partial charge in [-0.15, -0.1) is 0 Å². The molecule has 2 atom stereocenters. The molecule has 0 amide bonds. The molecule has 2 nitrogen and oxygen atoms in total. The molecular weight excluding hydrogens is 184 g/mol. The number of anilines is 1. The van der Waals surface area contributed by atoms with Gasteiger partial charge in [0.2, 0.25) is 0 Å². The summed E-state index contributed by atoms with van der Waals surface area (Å²) < 4.78 is 0. The minimum atomic E-state index is 0.185. The maximum absolute atomic E-state index is 8.99. The van der Waals surface area contributed by atoms with E-state index in [-0.39, 0.29) is 5.92 Å². The summed E-state index contributed by atoms with van der Waals surface area (Å²) in [5, 5.41) is 12.5. The Hall–Kier alpha value is -1.49. The summed E-state index contributed by atoms with van der Waals surface area (Å²) >= 11 is 0. The Morgan fingerprint density at radius 2 is 2.13 bits per heavy atom. The van der Waals surface area contributed by atoms with Gasteiger partial charge in [0, 0.05) is 11.7 Å². The van der Waals surface area contributed by atoms with Gasteiger partial charge in [-0.2, -0.15) is 5.26 Å². The average molecular weight is 200 g/mol. The van der Waals surface area contributed by atoms with Crippen LogP contribution in [0.5, 0.6) is 0 Å². The van der Waals surface area contributed by atoms with Crippen LogP contribution < -0.4 is 5.32 Å². The van der Waals surface area contributed by atoms with Gasteiger partial charge in [0.1, 0.15) is 0 Å². The van der Waals surface area contributed by atoms with Gasteiger partial charge < -0.3 is 5.32 Å². The molecule has 1 aliphatic rings. The second-order valence-corrected chi connectivity index (χ2v) is 4.23. The predicted molar refractivity (Wildman–Crippen MR) is 61.5 cm³/mol. The predicted octanol–water partition coefficient (Wildman–Crippen LogP) is 3.10. The van der Waals surface area contributed by atoms with Crippen molar-refractivity contribution in [2.75, 3.05) is 5.32 Å². The first-order valence-corrected chi connectivity index (χ1v) is 5.53. The minimum absolute atomic E-state index is 0.185. The smallest absolute Gasteiger partial charge is 0.0677 e. The van der Waals surface area contributed by atoms with Crippen molar-refractivity contribution in [1.82, 2.24) is 0 Å². The molecule has 15 heavy (non-hydrogen) atoms. The normalized spacial score (nSPS) is 24.8. The highest BCUT2D eigenvalue weighted by atomic mass is 14.9. The second-order valence-electron chi connectivity index (χ2n) is 4.23. The third kappa shape index (κ3) is 2.12. The van der Waals surface area contributed by atoms with E-state index in [2.05, 4.69) is 30.4 Å². The Morgan fingerprint density at radius 3 is 2.87 bits per heavy atom. The molecule has 0 heterocycles. The molecule has 0 radical (unpaired) electrons. The van der Waals surface area contributed by atoms with Crippen LogP contribution in [0, 0.1) is 24.2 Å². The van der Waals surface area contributed by atoms with Crippen LogP contribution in [0.15, 0.2) is 24.3 Å². The summed E-state index contributed by atoms with van der Waals surface area (Å²) in [6, 6.07) is 11.0. The molecule has 78 valence electrons. The number of nitrogens with one attached hydrogen (secondary N) is 1. The number of hydrogen-bond acceptors (Lipinski definition) is 2. The Bertz CT molecular complexity index is 378. The van der Waals surface area contributed by atoms with Gasteiger partial charge in [-0.3, -0.25) is 0 Å². The van der Waals surface area contributed by atoms with Gasteiger partial charge in [0.25, 0.3) is 0 Å². The zero-order valence-corrected chi connectivity index (χ0v) is 9.03. The molecule has 1 N–H and O–H groups in total. The monoisotopic (exact) mass is 200 g/mol. The van der Waals surface area contributed by atoms with Crippen molar-refractivity contribution in [3.05, 3.63) is 29.8 Å². The number of nitrogens with zero attached hydrogens (tertiary/aromatic N) is 1. The van der Waals surface area contributed by atoms with Crippen molar-refractivity contribution in [3.8, 4) is 6.07 Å². The van der Waals surface area contributed by atoms with Crippen LogP contribution >= 0.6 is 0 Å². The fourth-order valence-corrected chi connectivity index (χ4v) is 2.22. The number of benzene rings is 1. The van der Waals surface area contributed by atoms with Gasteiger partial charge in [-0.1, -0.05) is 18.2 Å². The topological polar surface area (TPSA) is 35.8 Å². The quantitative estimate of drug-likeness (QED) is 0.796. The van der Waals surface area contributed by atoms with Crippen molar-refractivity contribution in [2.24, 2.45) is 5.92 Å². The van der Waals surface area contributed by atoms with Gasteiger partial charge in [-0.25, -0.2) is 0 Å². The van der Waals surface area contributed by atoms with Gasteiger partial charge >= 0.3 is 0 Å². The minimum Gasteiger partial charge on any atom is -0.381 e. The third-order valence-electron chi connectivity index (χ3n) is 3.17. The Labute approximate surface area is 90.9 Å². The summed E-state index contributed by atoms with van der Waals surface area (Å²) in [4.78, 5) is 0. The molecule has 2 heteroatoms. The van der Waals surface area contributed by atoms with Crippen LogP contribution in [0.1, 0.15) is 24.8 Å². The van der Waals surface area contributed by atoms with E-state index in [1.54, 1.807) is 0 Å². The first-order valence-electron chi connectivity index (χ1n) is 5.53. The molecule has 1 aromatic rings. The maximum atomic E-state index is 8.99. The third-order valence-corrected chi connectivity index (χ3v) is 3.17. The summed E-state index contributed by atoms with van der Waals surface area (Å²) in [5.74, 6) is 0.185. The molecule has 0 aliphatic heterocycles. The summed E-state index contributed by atoms with van der Waals surface area (Å²) in [6.45, 7) is 2.10. The second kappa shape index (κ2) is 4.35. The molecule has 0 saturated heterocycles. The largest absolute Gasteiger partial charge is 0.381 e. The average Bonchev–Trinajstić information content (AvgIpc) is 2.69. The molecule has 2 unspecified atom stereocenters. The SMILES string of the molecule is Cc1ccccc1NC1CCCC1C#N. The van der Waals surface area contributed by atoms with E-state index in [0.717, 1.165) is 12.8 Å². The van der Waals surface area contributed by atoms with Crippen LogP contribution in [-0.2, 0) is 0 Å². The molecule has 1 saturated carbocycles. The van der Waals surface area contributed by atoms with Gasteiger partial charge in [-0.05, 0) is 37.8 Å². The Balaban J connectivity index is 2.09. The van der Waals surface area contributed by atoms with Crippen LogP contribution in [0.25, 0.3) is 0 Å². The number of rotatable bonds is 2. The van der Waals surface area contributed by atoms with E-state index in [9.17, 15) is 0 Å². The molecular formula is C13H16N2. The van der Waals surface area contributed by atoms with E-state index in [1.807, 2.05) is 12.1 Å². The summed E-state index contributed by atoms with van der Waals surface area (Å²) in [5.41, 5.74) is 2.42. The van der Waals surface area contributed by atoms with Crippen LogP contribution in [0.2, 0.25) is 0 Å². The molecule has 0 bridgehead atoms. The van der Waals surface area contributed by atoms with Crippen molar-refractivity contribution >= 4 is 5.69 Å². The van der Waals surface area contributed by atoms with E-state index < -0.39 is 0 Å². The molecule has 0 spiro atoms. The Morgan fingerprint density at radius 1 is 1.33 bits per heavy atom. The van der Waals surface area contributed by atoms with Crippen molar-refractivity contribution in [2.45, 2.75) is 32.2 Å². The van der Waals surface area contributed by atoms with E-state index in [0.29, 0.717) is 6.04 Å². The fraction of sp³-hybridized carbons (Fsp3) is 0.462. The lowest BCUT2D eigenvalue weighted by Gasteiger charge is -2.18. The fourth-order valence-electron chi connectivity index (χ4n) is 2.22. The number of hydrogen-bond donors (Lipinski definition) is 1. The molecule has 1 fully saturated rings. The standard InChI is InChI=1S/C13H16N2/c1-10-5-2-3-7-12(10)15-13-8-4-6-11(13)9-14/h2-3,5,7,11,13,15H,4,6,8H2,1H3. The molecule has 2 rings (SSSR count). The van der Waals surface area contributed by atoms with Crippen molar-refractivity contribution in [3.63, 3.8) is 0 Å². The van der Waals surface area contributed by atoms with Gasteiger partial charge in [0.15, 0.2) is 0 Å². The van der Waals surface area contributed by atoms with Crippen molar-refractivity contribution in [1.29, 1.82) is 5.26 Å². The zero-order chi connectivity index (χ0) is 10.7. The molecule has 0 aromatic heterocycles. The highest BCUT2D eigenvalue weighted by Gasteiger charge is 2.26. The van der Waals surface area contributed by atoms with Crippen LogP contribution in [0.4, 0.5) is 5.69 Å². The van der Waals surface area contributed by atoms with E-state index in [1.165, 1.54) is 17.7 Å². The van der Waals surface area contributed by atoms with Gasteiger partial charge in [0.05, 0.1) is 12.0 Å². The highest BCUT2D eigenvalue weighted by molar-refractivity contribution is 5.51. The first kappa shape index (κ1) is 10.0. The summed E-state index contributed by atoms with van der Waals surface area (Å²) in [6.07, 6.45) is 3.33. The van der Waals surface area contributed by atoms with E-state index >= 15 is 0 Å². The maximum Gasteiger partial charge on any atom is 0.0677 e. The summed E-state index contributed by atoms with van der Waals surface area (Å²) in [7, 11) is 0. The number of para-hydroxylation sites is 1. The van der Waals surface area contributed by atoms with Crippen LogP contribution in [-0.4, -0.2) is 6.04 Å².